The molecule has 6 aromatic carbocycles. The summed E-state index contributed by atoms with van der Waals surface area (Å²) in [4.78, 5) is 0. The molecule has 0 saturated carbocycles. The number of hydrogen-bond donors (Lipinski definition) is 0. The molecule has 3 heterocycles. The molecule has 0 amide bonds. The zero-order valence-corrected chi connectivity index (χ0v) is 26.4. The van der Waals surface area contributed by atoms with Crippen LogP contribution in [0.4, 0.5) is 0 Å². The van der Waals surface area contributed by atoms with Crippen LogP contribution < -0.4 is 60.1 Å². The van der Waals surface area contributed by atoms with Gasteiger partial charge in [0.05, 0.1) is 16.7 Å². The number of nitrogens with zero attached hydrogens (tertiary/aromatic N) is 1. The molecule has 9 aromatic rings. The van der Waals surface area contributed by atoms with Gasteiger partial charge in [-0.2, -0.15) is 0 Å². The van der Waals surface area contributed by atoms with Crippen LogP contribution in [0, 0.1) is 0 Å². The molecule has 0 saturated heterocycles. The fraction of sp³-hybridized carbons (Fsp3) is 0. The summed E-state index contributed by atoms with van der Waals surface area (Å²) in [6, 6.07) is 19.8. The van der Waals surface area contributed by atoms with E-state index in [1.165, 1.54) is 0 Å². The van der Waals surface area contributed by atoms with Gasteiger partial charge in [0.1, 0.15) is 103 Å². The molecular weight excluding hydrogens is 597 g/mol. The molecule has 0 unspecified atom stereocenters. The Hall–Kier alpha value is -4.57. The second-order valence-corrected chi connectivity index (χ2v) is 12.5. The zero-order chi connectivity index (χ0) is 35.1. The third-order valence-corrected chi connectivity index (χ3v) is 9.92. The summed E-state index contributed by atoms with van der Waals surface area (Å²) in [5, 5.41) is 4.07. The zero-order valence-electron chi connectivity index (χ0n) is 26.4. The monoisotopic (exact) mass is 609 g/mol. The Bertz CT molecular complexity index is 3010. The van der Waals surface area contributed by atoms with Crippen LogP contribution in [-0.4, -0.2) is 90.9 Å². The van der Waals surface area contributed by atoms with Crippen molar-refractivity contribution >= 4 is 212 Å². The highest BCUT2D eigenvalue weighted by atomic mass is 16.3. The first-order chi connectivity index (χ1) is 23.9. The molecule has 0 atom stereocenters. The highest BCUT2D eigenvalue weighted by molar-refractivity contribution is 6.70. The first kappa shape index (κ1) is 31.4. The van der Waals surface area contributed by atoms with E-state index >= 15 is 0 Å². The van der Waals surface area contributed by atoms with Gasteiger partial charge in [0.15, 0.2) is 5.58 Å². The van der Waals surface area contributed by atoms with Crippen LogP contribution in [0.25, 0.3) is 82.5 Å². The molecule has 0 bridgehead atoms. The van der Waals surface area contributed by atoms with E-state index in [0.29, 0.717) is 49.5 Å². The van der Waals surface area contributed by atoms with E-state index in [0.717, 1.165) is 32.9 Å². The molecule has 3 aromatic heterocycles. The van der Waals surface area contributed by atoms with E-state index in [9.17, 15) is 0 Å². The molecule has 0 N–H and O–H groups in total. The Balaban J connectivity index is 1.37. The molecule has 9 rings (SSSR count). The minimum Gasteiger partial charge on any atom is -0.456 e. The van der Waals surface area contributed by atoms with Crippen molar-refractivity contribution in [3.05, 3.63) is 60.7 Å². The van der Waals surface area contributed by atoms with Gasteiger partial charge in [0, 0.05) is 37.9 Å². The normalized spacial score (nSPS) is 12.1. The fourth-order valence-corrected chi connectivity index (χ4v) is 7.35. The van der Waals surface area contributed by atoms with Crippen molar-refractivity contribution in [3.8, 4) is 16.8 Å². The third kappa shape index (κ3) is 3.91. The minimum absolute atomic E-state index is 0.112. The van der Waals surface area contributed by atoms with Crippen LogP contribution in [0.2, 0.25) is 0 Å². The van der Waals surface area contributed by atoms with Gasteiger partial charge in [-0.1, -0.05) is 69.2 Å². The second kappa shape index (κ2) is 10.7. The number of benzene rings is 6. The molecule has 22 radical (unpaired) electrons. The van der Waals surface area contributed by atoms with E-state index in [4.69, 9.17) is 95.1 Å². The van der Waals surface area contributed by atoms with Gasteiger partial charge in [-0.3, -0.25) is 0 Å². The Morgan fingerprint density at radius 2 is 0.900 bits per heavy atom. The molecule has 0 aliphatic carbocycles. The average molecular weight is 607 g/mol. The highest BCUT2D eigenvalue weighted by Crippen LogP contribution is 2.39. The van der Waals surface area contributed by atoms with E-state index < -0.39 is 0 Å². The topological polar surface area (TPSA) is 31.2 Å². The lowest BCUT2D eigenvalue weighted by atomic mass is 9.64. The van der Waals surface area contributed by atoms with Gasteiger partial charge < -0.3 is 13.4 Å². The lowest BCUT2D eigenvalue weighted by Crippen LogP contribution is -2.47. The summed E-state index contributed by atoms with van der Waals surface area (Å²) in [5.74, 6) is 0. The summed E-state index contributed by atoms with van der Waals surface area (Å²) >= 11 is 0. The van der Waals surface area contributed by atoms with Crippen molar-refractivity contribution in [2.45, 2.75) is 0 Å². The smallest absolute Gasteiger partial charge is 0.159 e. The van der Waals surface area contributed by atoms with Crippen LogP contribution in [0.5, 0.6) is 0 Å². The van der Waals surface area contributed by atoms with Gasteiger partial charge in [0.25, 0.3) is 0 Å². The lowest BCUT2D eigenvalue weighted by Gasteiger charge is -2.16. The molecule has 14 heteroatoms. The summed E-state index contributed by atoms with van der Waals surface area (Å²) in [6.07, 6.45) is 0. The van der Waals surface area contributed by atoms with E-state index in [1.807, 2.05) is 60.7 Å². The van der Waals surface area contributed by atoms with Crippen LogP contribution in [-0.2, 0) is 0 Å². The third-order valence-electron chi connectivity index (χ3n) is 9.92. The van der Waals surface area contributed by atoms with Crippen molar-refractivity contribution in [1.29, 1.82) is 0 Å². The Morgan fingerprint density at radius 1 is 0.380 bits per heavy atom. The number of rotatable bonds is 2. The standard InChI is InChI=1S/C36H10B11NO2/c37-22-18(34-20(24(39)26(22)41)21-25(40)28(43)30(45)32(47)36(21)50-34)11-8-9-16-14(10-11)12-4-1-2-6-15(12)48(16)17-7-3-5-13-19-23(38)27(42)29(44)31(46)35(19)49-33(13)17/h1-10H. The number of para-hydroxylation sites is 2. The summed E-state index contributed by atoms with van der Waals surface area (Å²) in [6.45, 7) is 0. The predicted molar refractivity (Wildman–Crippen MR) is 220 cm³/mol. The SMILES string of the molecule is [B]c1c([B])c([B])c2c(oc3c(-n4c5ccccc5c5cc(-c6c([B])c([B])c([B])c7c6oc6c([B])c([B])c([B])c([B])c67)ccc54)cccc32)c1[B]. The van der Waals surface area contributed by atoms with Gasteiger partial charge >= 0.3 is 0 Å². The fourth-order valence-electron chi connectivity index (χ4n) is 7.35. The van der Waals surface area contributed by atoms with E-state index in [1.54, 1.807) is 0 Å². The van der Waals surface area contributed by atoms with Crippen LogP contribution in [0.1, 0.15) is 0 Å². The van der Waals surface area contributed by atoms with Crippen molar-refractivity contribution in [1.82, 2.24) is 4.57 Å². The van der Waals surface area contributed by atoms with Crippen molar-refractivity contribution in [2.24, 2.45) is 0 Å². The molecule has 0 aliphatic rings. The first-order valence-corrected chi connectivity index (χ1v) is 15.5. The second-order valence-electron chi connectivity index (χ2n) is 12.5. The summed E-state index contributed by atoms with van der Waals surface area (Å²) in [7, 11) is 70.2. The van der Waals surface area contributed by atoms with Crippen molar-refractivity contribution in [2.75, 3.05) is 0 Å². The Labute approximate surface area is 301 Å². The van der Waals surface area contributed by atoms with Gasteiger partial charge in [-0.15, -0.1) is 27.3 Å². The van der Waals surface area contributed by atoms with E-state index in [-0.39, 0.29) is 60.2 Å². The Kier molecular flexibility index (Phi) is 6.74. The van der Waals surface area contributed by atoms with Crippen molar-refractivity contribution < 1.29 is 8.83 Å². The number of hydrogen-bond acceptors (Lipinski definition) is 2. The minimum atomic E-state index is 0.112. The quantitative estimate of drug-likeness (QED) is 0.196. The largest absolute Gasteiger partial charge is 0.456 e. The summed E-state index contributed by atoms with van der Waals surface area (Å²) in [5.41, 5.74) is 7.35. The number of aromatic nitrogens is 1. The lowest BCUT2D eigenvalue weighted by molar-refractivity contribution is 0.669. The van der Waals surface area contributed by atoms with Gasteiger partial charge in [-0.25, -0.2) is 0 Å². The highest BCUT2D eigenvalue weighted by Gasteiger charge is 2.24. The molecule has 0 fully saturated rings. The Morgan fingerprint density at radius 3 is 1.60 bits per heavy atom. The molecule has 50 heavy (non-hydrogen) atoms. The maximum absolute atomic E-state index is 6.70. The first-order valence-electron chi connectivity index (χ1n) is 15.5. The average Bonchev–Trinajstić information content (AvgIpc) is 3.81. The number of furan rings is 2. The van der Waals surface area contributed by atoms with Gasteiger partial charge in [-0.05, 0) is 29.8 Å². The van der Waals surface area contributed by atoms with Crippen LogP contribution >= 0.6 is 0 Å². The van der Waals surface area contributed by atoms with E-state index in [2.05, 4.69) is 4.57 Å². The van der Waals surface area contributed by atoms with Crippen LogP contribution in [0.3, 0.4) is 0 Å². The van der Waals surface area contributed by atoms with Crippen LogP contribution in [0.15, 0.2) is 69.5 Å². The molecule has 3 nitrogen and oxygen atoms in total. The predicted octanol–water partition coefficient (Wildman–Crippen LogP) is -3.02. The molecule has 0 spiro atoms. The number of fused-ring (bicyclic) bond motifs is 9. The molecular formula is C36H10B11NO2. The maximum atomic E-state index is 6.70. The summed E-state index contributed by atoms with van der Waals surface area (Å²) < 4.78 is 14.9. The molecule has 0 aliphatic heterocycles. The maximum Gasteiger partial charge on any atom is 0.159 e. The van der Waals surface area contributed by atoms with Crippen molar-refractivity contribution in [3.63, 3.8) is 0 Å². The van der Waals surface area contributed by atoms with Gasteiger partial charge in [0.2, 0.25) is 0 Å². The molecule has 204 valence electrons.